The van der Waals surface area contributed by atoms with E-state index in [1.54, 1.807) is 0 Å². The molecule has 0 bridgehead atoms. The van der Waals surface area contributed by atoms with Crippen LogP contribution in [0.1, 0.15) is 37.8 Å². The summed E-state index contributed by atoms with van der Waals surface area (Å²) in [5.41, 5.74) is 2.51. The first-order valence-electron chi connectivity index (χ1n) is 8.29. The first-order chi connectivity index (χ1) is 11.1. The lowest BCUT2D eigenvalue weighted by molar-refractivity contribution is -0.184. The predicted molar refractivity (Wildman–Crippen MR) is 88.8 cm³/mol. The molecule has 0 atom stereocenters. The normalized spacial score (nSPS) is 11.0. The minimum absolute atomic E-state index is 0.0570. The second kappa shape index (κ2) is 12.0. The van der Waals surface area contributed by atoms with Crippen molar-refractivity contribution in [3.05, 3.63) is 35.4 Å². The van der Waals surface area contributed by atoms with Gasteiger partial charge in [-0.3, -0.25) is 4.94 Å². The van der Waals surface area contributed by atoms with Crippen LogP contribution >= 0.6 is 0 Å². The summed E-state index contributed by atoms with van der Waals surface area (Å²) in [5, 5.41) is 3.46. The number of nitrogens with one attached hydrogen (secondary N) is 1. The molecule has 0 amide bonds. The maximum atomic E-state index is 11.5. The van der Waals surface area contributed by atoms with Gasteiger partial charge in [-0.1, -0.05) is 38.1 Å². The minimum atomic E-state index is -0.892. The summed E-state index contributed by atoms with van der Waals surface area (Å²) in [4.78, 5) is 13.7. The van der Waals surface area contributed by atoms with E-state index in [0.717, 1.165) is 31.8 Å². The standard InChI is InChI=1S/C18H28FNO3/c1-15(2)6-10-20-11-7-16-4-3-5-17(14-16)8-12-22-13-9-18(21)23-19/h3-5,14-15,20H,6-13H2,1-2H3. The number of rotatable bonds is 12. The van der Waals surface area contributed by atoms with Crippen LogP contribution in [0, 0.1) is 5.92 Å². The third-order valence-corrected chi connectivity index (χ3v) is 3.55. The molecular weight excluding hydrogens is 297 g/mol. The average molecular weight is 325 g/mol. The number of hydrogen-bond donors (Lipinski definition) is 1. The molecule has 0 aromatic heterocycles. The number of hydrogen-bond acceptors (Lipinski definition) is 4. The van der Waals surface area contributed by atoms with Crippen LogP contribution in [0.4, 0.5) is 4.53 Å². The fraction of sp³-hybridized carbons (Fsp3) is 0.611. The lowest BCUT2D eigenvalue weighted by atomic mass is 10.1. The molecule has 1 N–H and O–H groups in total. The second-order valence-corrected chi connectivity index (χ2v) is 6.06. The molecule has 0 fully saturated rings. The zero-order valence-corrected chi connectivity index (χ0v) is 14.1. The van der Waals surface area contributed by atoms with Crippen LogP contribution in [0.25, 0.3) is 0 Å². The zero-order chi connectivity index (χ0) is 16.9. The Bertz CT molecular complexity index is 452. The Hall–Kier alpha value is -1.46. The average Bonchev–Trinajstić information content (AvgIpc) is 2.54. The Morgan fingerprint density at radius 1 is 1.17 bits per heavy atom. The third kappa shape index (κ3) is 10.0. The number of benzene rings is 1. The highest BCUT2D eigenvalue weighted by atomic mass is 19.3. The van der Waals surface area contributed by atoms with Crippen LogP contribution < -0.4 is 5.32 Å². The summed E-state index contributed by atoms with van der Waals surface area (Å²) in [6.07, 6.45) is 2.93. The maximum absolute atomic E-state index is 11.5. The van der Waals surface area contributed by atoms with Gasteiger partial charge < -0.3 is 10.1 Å². The topological polar surface area (TPSA) is 47.6 Å². The van der Waals surface area contributed by atoms with Crippen molar-refractivity contribution in [3.8, 4) is 0 Å². The summed E-state index contributed by atoms with van der Waals surface area (Å²) >= 11 is 0. The summed E-state index contributed by atoms with van der Waals surface area (Å²) in [7, 11) is 0. The highest BCUT2D eigenvalue weighted by Gasteiger charge is 2.03. The Labute approximate surface area is 138 Å². The maximum Gasteiger partial charge on any atom is 0.351 e. The van der Waals surface area contributed by atoms with Crippen LogP contribution in [0.5, 0.6) is 0 Å². The van der Waals surface area contributed by atoms with E-state index in [9.17, 15) is 9.32 Å². The van der Waals surface area contributed by atoms with Gasteiger partial charge in [0.05, 0.1) is 19.6 Å². The summed E-state index contributed by atoms with van der Waals surface area (Å²) in [5.74, 6) is -0.158. The van der Waals surface area contributed by atoms with Gasteiger partial charge >= 0.3 is 5.97 Å². The van der Waals surface area contributed by atoms with Gasteiger partial charge in [-0.15, -0.1) is 0 Å². The van der Waals surface area contributed by atoms with Crippen LogP contribution in [0.3, 0.4) is 0 Å². The fourth-order valence-corrected chi connectivity index (χ4v) is 2.18. The van der Waals surface area contributed by atoms with Crippen molar-refractivity contribution in [2.45, 2.75) is 39.5 Å². The second-order valence-electron chi connectivity index (χ2n) is 6.06. The van der Waals surface area contributed by atoms with Crippen LogP contribution in [-0.2, 0) is 27.3 Å². The van der Waals surface area contributed by atoms with Gasteiger partial charge in [0.1, 0.15) is 0 Å². The summed E-state index contributed by atoms with van der Waals surface area (Å²) in [6.45, 7) is 7.20. The van der Waals surface area contributed by atoms with Gasteiger partial charge in [-0.25, -0.2) is 4.79 Å². The quantitative estimate of drug-likeness (QED) is 0.599. The molecule has 130 valence electrons. The molecule has 1 aromatic carbocycles. The smallest absolute Gasteiger partial charge is 0.351 e. The Balaban J connectivity index is 2.18. The lowest BCUT2D eigenvalue weighted by Crippen LogP contribution is -2.19. The Morgan fingerprint density at radius 2 is 1.91 bits per heavy atom. The van der Waals surface area contributed by atoms with Crippen LogP contribution in [-0.4, -0.2) is 32.3 Å². The molecule has 5 heteroatoms. The number of carbonyl (C=O) groups excluding carboxylic acids is 1. The number of ether oxygens (including phenoxy) is 1. The molecule has 0 aliphatic carbocycles. The molecule has 0 heterocycles. The number of halogens is 1. The minimum Gasteiger partial charge on any atom is -0.381 e. The highest BCUT2D eigenvalue weighted by Crippen LogP contribution is 2.07. The summed E-state index contributed by atoms with van der Waals surface area (Å²) in [6, 6.07) is 8.43. The van der Waals surface area contributed by atoms with Gasteiger partial charge in [-0.05, 0) is 49.4 Å². The number of carbonyl (C=O) groups is 1. The van der Waals surface area contributed by atoms with E-state index in [1.165, 1.54) is 17.5 Å². The van der Waals surface area contributed by atoms with Crippen molar-refractivity contribution in [3.63, 3.8) is 0 Å². The molecular formula is C18H28FNO3. The van der Waals surface area contributed by atoms with Crippen molar-refractivity contribution in [2.75, 3.05) is 26.3 Å². The van der Waals surface area contributed by atoms with E-state index in [1.807, 2.05) is 0 Å². The van der Waals surface area contributed by atoms with Crippen LogP contribution in [0.15, 0.2) is 24.3 Å². The van der Waals surface area contributed by atoms with Crippen molar-refractivity contribution >= 4 is 5.97 Å². The van der Waals surface area contributed by atoms with E-state index in [0.29, 0.717) is 6.61 Å². The zero-order valence-electron chi connectivity index (χ0n) is 14.1. The molecule has 0 saturated heterocycles. The molecule has 0 spiro atoms. The molecule has 1 rings (SSSR count). The molecule has 4 nitrogen and oxygen atoms in total. The van der Waals surface area contributed by atoms with Gasteiger partial charge in [0, 0.05) is 4.53 Å². The van der Waals surface area contributed by atoms with Gasteiger partial charge in [0.25, 0.3) is 0 Å². The van der Waals surface area contributed by atoms with Gasteiger partial charge in [-0.2, -0.15) is 0 Å². The van der Waals surface area contributed by atoms with Crippen molar-refractivity contribution in [2.24, 2.45) is 5.92 Å². The van der Waals surface area contributed by atoms with Crippen molar-refractivity contribution < 1.29 is 19.0 Å². The monoisotopic (exact) mass is 325 g/mol. The molecule has 1 aromatic rings. The van der Waals surface area contributed by atoms with E-state index in [-0.39, 0.29) is 13.0 Å². The summed E-state index contributed by atoms with van der Waals surface area (Å²) < 4.78 is 16.8. The third-order valence-electron chi connectivity index (χ3n) is 3.55. The molecule has 0 aliphatic heterocycles. The molecule has 0 saturated carbocycles. The molecule has 0 aliphatic rings. The SMILES string of the molecule is CC(C)CCNCCc1cccc(CCOCCC(=O)OF)c1. The van der Waals surface area contributed by atoms with Crippen molar-refractivity contribution in [1.82, 2.24) is 5.32 Å². The Kier molecular flexibility index (Phi) is 10.2. The van der Waals surface area contributed by atoms with E-state index in [2.05, 4.69) is 48.4 Å². The van der Waals surface area contributed by atoms with Crippen molar-refractivity contribution in [1.29, 1.82) is 0 Å². The van der Waals surface area contributed by atoms with Gasteiger partial charge in [0.2, 0.25) is 0 Å². The van der Waals surface area contributed by atoms with E-state index in [4.69, 9.17) is 4.74 Å². The Morgan fingerprint density at radius 3 is 2.61 bits per heavy atom. The first kappa shape index (κ1) is 19.6. The molecule has 0 radical (unpaired) electrons. The predicted octanol–water partition coefficient (Wildman–Crippen LogP) is 3.24. The molecule has 0 unspecified atom stereocenters. The van der Waals surface area contributed by atoms with E-state index >= 15 is 0 Å². The highest BCUT2D eigenvalue weighted by molar-refractivity contribution is 5.68. The molecule has 23 heavy (non-hydrogen) atoms. The first-order valence-corrected chi connectivity index (χ1v) is 8.29. The van der Waals surface area contributed by atoms with Gasteiger partial charge in [0.15, 0.2) is 0 Å². The van der Waals surface area contributed by atoms with E-state index < -0.39 is 5.97 Å². The fourth-order valence-electron chi connectivity index (χ4n) is 2.18. The van der Waals surface area contributed by atoms with Crippen LogP contribution in [0.2, 0.25) is 0 Å². The lowest BCUT2D eigenvalue weighted by Gasteiger charge is -2.08. The largest absolute Gasteiger partial charge is 0.381 e.